The molecule has 0 bridgehead atoms. The molecule has 2 unspecified atom stereocenters. The number of phenols is 1. The Hall–Kier alpha value is -3.99. The van der Waals surface area contributed by atoms with Crippen molar-refractivity contribution in [3.8, 4) is 5.75 Å². The topological polar surface area (TPSA) is 175 Å². The summed E-state index contributed by atoms with van der Waals surface area (Å²) in [5.41, 5.74) is 5.31. The Morgan fingerprint density at radius 1 is 1.02 bits per heavy atom. The minimum Gasteiger partial charge on any atom is -0.507 e. The molecule has 2 fully saturated rings. The highest BCUT2D eigenvalue weighted by atomic mass is 16.3. The summed E-state index contributed by atoms with van der Waals surface area (Å²) in [6.45, 7) is 3.80. The van der Waals surface area contributed by atoms with Crippen molar-refractivity contribution < 1.29 is 39.3 Å². The predicted molar refractivity (Wildman–Crippen MR) is 143 cm³/mol. The Kier molecular flexibility index (Phi) is 6.41. The average Bonchev–Trinajstić information content (AvgIpc) is 2.84. The molecule has 0 saturated heterocycles. The minimum atomic E-state index is -3.05. The van der Waals surface area contributed by atoms with E-state index in [9.17, 15) is 39.3 Å². The van der Waals surface area contributed by atoms with E-state index in [2.05, 4.69) is 0 Å². The van der Waals surface area contributed by atoms with Crippen molar-refractivity contribution in [2.75, 3.05) is 14.1 Å². The predicted octanol–water partition coefficient (Wildman–Crippen LogP) is 0.453. The van der Waals surface area contributed by atoms with Crippen molar-refractivity contribution >= 4 is 40.7 Å². The van der Waals surface area contributed by atoms with Gasteiger partial charge in [-0.25, -0.2) is 0 Å². The van der Waals surface area contributed by atoms with Crippen LogP contribution in [0, 0.1) is 37.5 Å². The molecular formula is C30H30N2O8. The van der Waals surface area contributed by atoms with Crippen LogP contribution in [0.15, 0.2) is 36.4 Å². The second-order valence-electron chi connectivity index (χ2n) is 11.2. The fourth-order valence-corrected chi connectivity index (χ4v) is 6.94. The third-order valence-electron chi connectivity index (χ3n) is 8.44. The van der Waals surface area contributed by atoms with E-state index in [-0.39, 0.29) is 11.1 Å². The highest BCUT2D eigenvalue weighted by molar-refractivity contribution is 6.33. The zero-order chi connectivity index (χ0) is 29.4. The van der Waals surface area contributed by atoms with Crippen molar-refractivity contribution in [1.82, 2.24) is 4.90 Å². The van der Waals surface area contributed by atoms with Gasteiger partial charge in [0.15, 0.2) is 34.7 Å². The monoisotopic (exact) mass is 546 g/mol. The van der Waals surface area contributed by atoms with Crippen molar-refractivity contribution in [3.63, 3.8) is 0 Å². The van der Waals surface area contributed by atoms with E-state index in [1.54, 1.807) is 12.1 Å². The van der Waals surface area contributed by atoms with Crippen LogP contribution in [0.3, 0.4) is 0 Å². The number of benzene rings is 2. The van der Waals surface area contributed by atoms with Gasteiger partial charge in [0.05, 0.1) is 29.5 Å². The van der Waals surface area contributed by atoms with Crippen LogP contribution in [0.25, 0.3) is 11.6 Å². The standard InChI is InChI=1S/C30H30N2O8/c1-12-8-13(2)10-14(9-12)11-16-15-6-5-7-17(33)18(15)24(34)20-19(16)25(35)22-23(32(3)4)26(36)21(29(31)39)28(38)30(22,40)27(20)37/h5-11,19-23,25,33,35,40H,1-4H3,(H2,31,39)/b16-11+/t19-,20?,21?,22-,23+,25+,30+/m1/s1. The lowest BCUT2D eigenvalue weighted by Crippen LogP contribution is -2.77. The number of hydrogen-bond donors (Lipinski definition) is 4. The first-order valence-corrected chi connectivity index (χ1v) is 12.9. The molecule has 208 valence electrons. The maximum absolute atomic E-state index is 14.2. The van der Waals surface area contributed by atoms with Crippen LogP contribution >= 0.6 is 0 Å². The molecule has 0 spiro atoms. The molecular weight excluding hydrogens is 516 g/mol. The molecule has 3 aliphatic carbocycles. The number of amides is 1. The molecule has 0 radical (unpaired) electrons. The molecule has 0 aliphatic heterocycles. The lowest BCUT2D eigenvalue weighted by Gasteiger charge is -2.55. The number of Topliss-reactive ketones (excluding diaryl/α,β-unsaturated/α-hetero) is 4. The number of hydrogen-bond acceptors (Lipinski definition) is 9. The number of aromatic hydroxyl groups is 1. The minimum absolute atomic E-state index is 0.183. The second kappa shape index (κ2) is 9.29. The highest BCUT2D eigenvalue weighted by Crippen LogP contribution is 2.54. The number of aliphatic hydroxyl groups excluding tert-OH is 1. The van der Waals surface area contributed by atoms with Crippen LogP contribution in [-0.2, 0) is 19.2 Å². The molecule has 5 N–H and O–H groups in total. The molecule has 3 aliphatic rings. The Labute approximate surface area is 230 Å². The van der Waals surface area contributed by atoms with Crippen LogP contribution in [0.5, 0.6) is 5.75 Å². The summed E-state index contributed by atoms with van der Waals surface area (Å²) >= 11 is 0. The third kappa shape index (κ3) is 3.71. The summed E-state index contributed by atoms with van der Waals surface area (Å²) < 4.78 is 0. The smallest absolute Gasteiger partial charge is 0.235 e. The Morgan fingerprint density at radius 3 is 2.23 bits per heavy atom. The number of ketones is 4. The number of aliphatic hydroxyl groups is 2. The molecule has 5 rings (SSSR count). The van der Waals surface area contributed by atoms with E-state index < -0.39 is 76.2 Å². The van der Waals surface area contributed by atoms with E-state index >= 15 is 0 Å². The summed E-state index contributed by atoms with van der Waals surface area (Å²) in [5.74, 6) is -13.1. The van der Waals surface area contributed by atoms with Gasteiger partial charge in [-0.05, 0) is 50.7 Å². The fourth-order valence-electron chi connectivity index (χ4n) is 6.94. The number of fused-ring (bicyclic) bond motifs is 3. The normalized spacial score (nSPS) is 32.6. The largest absolute Gasteiger partial charge is 0.507 e. The first kappa shape index (κ1) is 27.6. The zero-order valence-electron chi connectivity index (χ0n) is 22.4. The van der Waals surface area contributed by atoms with Gasteiger partial charge in [0.1, 0.15) is 5.75 Å². The Morgan fingerprint density at radius 2 is 1.65 bits per heavy atom. The van der Waals surface area contributed by atoms with Crippen LogP contribution in [-0.4, -0.2) is 81.1 Å². The van der Waals surface area contributed by atoms with Gasteiger partial charge >= 0.3 is 0 Å². The van der Waals surface area contributed by atoms with Gasteiger partial charge in [0.2, 0.25) is 5.91 Å². The van der Waals surface area contributed by atoms with E-state index in [1.807, 2.05) is 32.0 Å². The molecule has 10 heteroatoms. The molecule has 2 saturated carbocycles. The van der Waals surface area contributed by atoms with Gasteiger partial charge in [-0.2, -0.15) is 0 Å². The number of rotatable bonds is 3. The van der Waals surface area contributed by atoms with Gasteiger partial charge in [0, 0.05) is 5.92 Å². The number of primary amides is 1. The number of nitrogens with two attached hydrogens (primary N) is 1. The van der Waals surface area contributed by atoms with Gasteiger partial charge in [-0.1, -0.05) is 47.5 Å². The number of carbonyl (C=O) groups excluding carboxylic acids is 5. The summed E-state index contributed by atoms with van der Waals surface area (Å²) in [7, 11) is 2.90. The van der Waals surface area contributed by atoms with Crippen molar-refractivity contribution in [2.45, 2.75) is 31.6 Å². The summed E-state index contributed by atoms with van der Waals surface area (Å²) in [6.07, 6.45) is -0.0505. The van der Waals surface area contributed by atoms with Crippen molar-refractivity contribution in [1.29, 1.82) is 0 Å². The van der Waals surface area contributed by atoms with E-state index in [0.29, 0.717) is 11.1 Å². The zero-order valence-corrected chi connectivity index (χ0v) is 22.4. The maximum atomic E-state index is 14.2. The molecule has 10 nitrogen and oxygen atoms in total. The van der Waals surface area contributed by atoms with Gasteiger partial charge in [-0.3, -0.25) is 28.9 Å². The van der Waals surface area contributed by atoms with Crippen molar-refractivity contribution in [3.05, 3.63) is 64.2 Å². The summed E-state index contributed by atoms with van der Waals surface area (Å²) in [5, 5.41) is 34.4. The van der Waals surface area contributed by atoms with Gasteiger partial charge in [0.25, 0.3) is 0 Å². The lowest BCUT2D eigenvalue weighted by atomic mass is 9.50. The van der Waals surface area contributed by atoms with Gasteiger partial charge < -0.3 is 21.1 Å². The summed E-state index contributed by atoms with van der Waals surface area (Å²) in [4.78, 5) is 68.4. The van der Waals surface area contributed by atoms with Crippen LogP contribution in [0.1, 0.15) is 32.6 Å². The molecule has 2 aromatic rings. The first-order chi connectivity index (χ1) is 18.7. The average molecular weight is 547 g/mol. The number of likely N-dealkylation sites (N-methyl/N-ethyl adjacent to an activating group) is 1. The lowest BCUT2D eigenvalue weighted by molar-refractivity contribution is -0.192. The number of aryl methyl sites for hydroxylation is 2. The quantitative estimate of drug-likeness (QED) is 0.398. The Balaban J connectivity index is 1.81. The summed E-state index contributed by atoms with van der Waals surface area (Å²) in [6, 6.07) is 8.65. The maximum Gasteiger partial charge on any atom is 0.235 e. The van der Waals surface area contributed by atoms with Gasteiger partial charge in [-0.15, -0.1) is 0 Å². The SMILES string of the molecule is Cc1cc(C)cc(/C=C2\c3cccc(O)c3C(=O)C3C(=O)[C@]4(O)C(=O)C(C(N)=O)C(=O)[C@@H](N(C)C)[C@@H]4[C@@H](O)[C@H]23)c1. The first-order valence-electron chi connectivity index (χ1n) is 12.9. The number of phenolic OH excluding ortho intramolecular Hbond substituents is 1. The van der Waals surface area contributed by atoms with Crippen LogP contribution in [0.2, 0.25) is 0 Å². The highest BCUT2D eigenvalue weighted by Gasteiger charge is 2.72. The second-order valence-corrected chi connectivity index (χ2v) is 11.2. The third-order valence-corrected chi connectivity index (χ3v) is 8.44. The molecule has 2 aromatic carbocycles. The van der Waals surface area contributed by atoms with E-state index in [0.717, 1.165) is 11.1 Å². The number of carbonyl (C=O) groups is 5. The van der Waals surface area contributed by atoms with Crippen LogP contribution in [0.4, 0.5) is 0 Å². The molecule has 0 heterocycles. The molecule has 40 heavy (non-hydrogen) atoms. The van der Waals surface area contributed by atoms with Crippen molar-refractivity contribution in [2.24, 2.45) is 29.4 Å². The molecule has 0 aromatic heterocycles. The molecule has 1 amide bonds. The van der Waals surface area contributed by atoms with E-state index in [1.165, 1.54) is 31.1 Å². The molecule has 7 atom stereocenters. The Bertz CT molecular complexity index is 1520. The van der Waals surface area contributed by atoms with Crippen LogP contribution < -0.4 is 5.73 Å². The fraction of sp³-hybridized carbons (Fsp3) is 0.367. The number of nitrogens with zero attached hydrogens (tertiary/aromatic N) is 1. The van der Waals surface area contributed by atoms with E-state index in [4.69, 9.17) is 5.73 Å².